The molecule has 9 heteroatoms. The van der Waals surface area contributed by atoms with E-state index < -0.39 is 0 Å². The number of benzene rings is 2. The minimum atomic E-state index is -0.130. The van der Waals surface area contributed by atoms with E-state index in [1.54, 1.807) is 50.2 Å². The number of carbonyl (C=O) groups excluding carboxylic acids is 1. The average molecular weight is 454 g/mol. The van der Waals surface area contributed by atoms with Crippen LogP contribution in [0.2, 0.25) is 0 Å². The molecule has 32 heavy (non-hydrogen) atoms. The summed E-state index contributed by atoms with van der Waals surface area (Å²) >= 11 is 1.33. The summed E-state index contributed by atoms with van der Waals surface area (Å²) in [5.41, 5.74) is 2.10. The molecule has 8 nitrogen and oxygen atoms in total. The normalized spacial score (nSPS) is 13.4. The number of fused-ring (bicyclic) bond motifs is 1. The third-order valence-corrected chi connectivity index (χ3v) is 6.22. The van der Waals surface area contributed by atoms with Gasteiger partial charge in [0, 0.05) is 11.3 Å². The zero-order valence-electron chi connectivity index (χ0n) is 18.2. The van der Waals surface area contributed by atoms with Crippen LogP contribution in [0.3, 0.4) is 0 Å². The van der Waals surface area contributed by atoms with Gasteiger partial charge < -0.3 is 19.1 Å². The van der Waals surface area contributed by atoms with Crippen molar-refractivity contribution < 1.29 is 19.0 Å². The number of carbonyl (C=O) groups is 1. The lowest BCUT2D eigenvalue weighted by molar-refractivity contribution is 0.101. The number of ether oxygens (including phenoxy) is 3. The Bertz CT molecular complexity index is 1330. The summed E-state index contributed by atoms with van der Waals surface area (Å²) in [5.74, 6) is 1.52. The summed E-state index contributed by atoms with van der Waals surface area (Å²) < 4.78 is 18.4. The monoisotopic (exact) mass is 453 g/mol. The number of anilines is 1. The van der Waals surface area contributed by atoms with Crippen LogP contribution in [0.25, 0.3) is 6.08 Å². The Balaban J connectivity index is 1.72. The molecule has 0 radical (unpaired) electrons. The molecule has 0 N–H and O–H groups in total. The van der Waals surface area contributed by atoms with Gasteiger partial charge in [-0.1, -0.05) is 23.5 Å². The first-order valence-corrected chi connectivity index (χ1v) is 10.7. The van der Waals surface area contributed by atoms with Crippen LogP contribution in [0, 0.1) is 0 Å². The number of nitrogens with zero attached hydrogens (tertiary/aromatic N) is 3. The van der Waals surface area contributed by atoms with E-state index in [2.05, 4.69) is 4.99 Å². The summed E-state index contributed by atoms with van der Waals surface area (Å²) in [6.45, 7) is 2.30. The van der Waals surface area contributed by atoms with E-state index in [1.165, 1.54) is 18.3 Å². The van der Waals surface area contributed by atoms with Crippen molar-refractivity contribution in [3.05, 3.63) is 67.2 Å². The van der Waals surface area contributed by atoms with Gasteiger partial charge in [-0.15, -0.1) is 0 Å². The van der Waals surface area contributed by atoms with E-state index in [0.29, 0.717) is 45.5 Å². The molecular formula is C23H23N3O5S. The maximum atomic E-state index is 13.1. The first kappa shape index (κ1) is 21.6. The van der Waals surface area contributed by atoms with Gasteiger partial charge in [-0.3, -0.25) is 14.2 Å². The summed E-state index contributed by atoms with van der Waals surface area (Å²) in [7, 11) is 4.64. The molecule has 0 fully saturated rings. The third-order valence-electron chi connectivity index (χ3n) is 5.18. The van der Waals surface area contributed by atoms with Crippen molar-refractivity contribution in [1.82, 2.24) is 4.57 Å². The second kappa shape index (κ2) is 8.88. The molecule has 0 saturated carbocycles. The van der Waals surface area contributed by atoms with E-state index in [4.69, 9.17) is 14.2 Å². The van der Waals surface area contributed by atoms with Crippen LogP contribution in [0.5, 0.6) is 17.2 Å². The molecule has 0 unspecified atom stereocenters. The lowest BCUT2D eigenvalue weighted by Crippen LogP contribution is -2.42. The zero-order valence-corrected chi connectivity index (χ0v) is 19.1. The van der Waals surface area contributed by atoms with E-state index in [0.717, 1.165) is 11.3 Å². The van der Waals surface area contributed by atoms with Gasteiger partial charge in [0.25, 0.3) is 5.56 Å². The maximum Gasteiger partial charge on any atom is 0.271 e. The van der Waals surface area contributed by atoms with Crippen LogP contribution < -0.4 is 34.0 Å². The number of rotatable bonds is 6. The fourth-order valence-corrected chi connectivity index (χ4v) is 4.50. The molecule has 0 amide bonds. The molecule has 0 spiro atoms. The number of aromatic nitrogens is 1. The zero-order chi connectivity index (χ0) is 22.8. The topological polar surface area (TPSA) is 82.4 Å². The van der Waals surface area contributed by atoms with Crippen molar-refractivity contribution in [1.29, 1.82) is 0 Å². The molecule has 166 valence electrons. The van der Waals surface area contributed by atoms with Gasteiger partial charge in [0.1, 0.15) is 13.3 Å². The predicted octanol–water partition coefficient (Wildman–Crippen LogP) is 2.02. The summed E-state index contributed by atoms with van der Waals surface area (Å²) in [6, 6.07) is 10.9. The van der Waals surface area contributed by atoms with E-state index in [1.807, 2.05) is 23.1 Å². The van der Waals surface area contributed by atoms with Gasteiger partial charge in [-0.25, -0.2) is 4.99 Å². The summed E-state index contributed by atoms with van der Waals surface area (Å²) in [4.78, 5) is 32.0. The summed E-state index contributed by atoms with van der Waals surface area (Å²) in [6.07, 6.45) is 1.79. The highest BCUT2D eigenvalue weighted by Crippen LogP contribution is 2.38. The number of hydrogen-bond donors (Lipinski definition) is 0. The fraction of sp³-hybridized carbons (Fsp3) is 0.261. The molecule has 0 aliphatic carbocycles. The van der Waals surface area contributed by atoms with Crippen LogP contribution in [0.4, 0.5) is 5.69 Å². The minimum Gasteiger partial charge on any atom is -0.493 e. The van der Waals surface area contributed by atoms with Crippen molar-refractivity contribution in [2.45, 2.75) is 13.6 Å². The first-order valence-electron chi connectivity index (χ1n) is 9.87. The van der Waals surface area contributed by atoms with E-state index >= 15 is 0 Å². The number of ketones is 1. The predicted molar refractivity (Wildman–Crippen MR) is 123 cm³/mol. The van der Waals surface area contributed by atoms with Gasteiger partial charge in [-0.2, -0.15) is 0 Å². The largest absolute Gasteiger partial charge is 0.493 e. The van der Waals surface area contributed by atoms with Crippen LogP contribution in [-0.4, -0.2) is 38.3 Å². The number of methoxy groups -OCH3 is 3. The molecule has 2 heterocycles. The van der Waals surface area contributed by atoms with Crippen LogP contribution in [0.15, 0.2) is 46.2 Å². The average Bonchev–Trinajstić information content (AvgIpc) is 3.12. The van der Waals surface area contributed by atoms with E-state index in [9.17, 15) is 9.59 Å². The lowest BCUT2D eigenvalue weighted by atomic mass is 10.1. The molecule has 0 bridgehead atoms. The lowest BCUT2D eigenvalue weighted by Gasteiger charge is -2.25. The Morgan fingerprint density at radius 3 is 2.44 bits per heavy atom. The SMILES string of the molecule is COc1cc(/C=c2\sc3n(c2=O)CN(c2cccc(C(C)=O)c2)CN=3)cc(OC)c1OC. The smallest absolute Gasteiger partial charge is 0.271 e. The van der Waals surface area contributed by atoms with Crippen LogP contribution >= 0.6 is 11.3 Å². The molecule has 0 atom stereocenters. The highest BCUT2D eigenvalue weighted by molar-refractivity contribution is 7.07. The van der Waals surface area contributed by atoms with Crippen molar-refractivity contribution >= 4 is 28.9 Å². The standard InChI is InChI=1S/C23H23N3O5S/c1-14(27)16-6-5-7-17(11-16)25-12-24-23-26(13-25)22(28)20(32-23)10-15-8-18(29-2)21(31-4)19(9-15)30-3/h5-11H,12-13H2,1-4H3/b20-10-. The highest BCUT2D eigenvalue weighted by atomic mass is 32.1. The highest BCUT2D eigenvalue weighted by Gasteiger charge is 2.17. The van der Waals surface area contributed by atoms with Crippen molar-refractivity contribution in [3.63, 3.8) is 0 Å². The van der Waals surface area contributed by atoms with Crippen LogP contribution in [0.1, 0.15) is 22.8 Å². The molecule has 0 saturated heterocycles. The third kappa shape index (κ3) is 3.99. The van der Waals surface area contributed by atoms with Gasteiger partial charge in [0.15, 0.2) is 22.1 Å². The molecule has 1 aromatic heterocycles. The van der Waals surface area contributed by atoms with Gasteiger partial charge >= 0.3 is 0 Å². The Morgan fingerprint density at radius 1 is 1.09 bits per heavy atom. The Kier molecular flexibility index (Phi) is 6.00. The number of hydrogen-bond acceptors (Lipinski definition) is 8. The molecule has 4 rings (SSSR count). The van der Waals surface area contributed by atoms with Crippen molar-refractivity contribution in [2.75, 3.05) is 32.9 Å². The second-order valence-corrected chi connectivity index (χ2v) is 8.18. The quantitative estimate of drug-likeness (QED) is 0.531. The van der Waals surface area contributed by atoms with E-state index in [-0.39, 0.29) is 11.3 Å². The van der Waals surface area contributed by atoms with Gasteiger partial charge in [0.2, 0.25) is 5.75 Å². The minimum absolute atomic E-state index is 0.00331. The van der Waals surface area contributed by atoms with Crippen molar-refractivity contribution in [2.24, 2.45) is 4.99 Å². The molecule has 3 aromatic rings. The second-order valence-electron chi connectivity index (χ2n) is 7.17. The fourth-order valence-electron chi connectivity index (χ4n) is 3.53. The van der Waals surface area contributed by atoms with Gasteiger partial charge in [-0.05, 0) is 42.8 Å². The Labute approximate surface area is 188 Å². The van der Waals surface area contributed by atoms with Crippen LogP contribution in [-0.2, 0) is 6.67 Å². The molecule has 1 aliphatic rings. The first-order chi connectivity index (χ1) is 15.4. The Morgan fingerprint density at radius 2 is 1.81 bits per heavy atom. The Hall–Kier alpha value is -3.59. The van der Waals surface area contributed by atoms with Crippen molar-refractivity contribution in [3.8, 4) is 17.2 Å². The van der Waals surface area contributed by atoms with Gasteiger partial charge in [0.05, 0.1) is 25.9 Å². The molecular weight excluding hydrogens is 430 g/mol. The molecule has 1 aliphatic heterocycles. The molecule has 2 aromatic carbocycles. The number of thiazole rings is 1. The maximum absolute atomic E-state index is 13.1. The summed E-state index contributed by atoms with van der Waals surface area (Å²) in [5, 5.41) is 0. The number of Topliss-reactive ketones (excluding diaryl/α,β-unsaturated/α-hetero) is 1.